The number of nitro benzene ring substituents is 1. The monoisotopic (exact) mass is 377 g/mol. The Morgan fingerprint density at radius 2 is 1.86 bits per heavy atom. The summed E-state index contributed by atoms with van der Waals surface area (Å²) in [5, 5.41) is 22.4. The van der Waals surface area contributed by atoms with E-state index in [0.717, 1.165) is 0 Å². The summed E-state index contributed by atoms with van der Waals surface area (Å²) < 4.78 is 19.3. The Hall–Kier alpha value is -4.25. The molecule has 0 spiro atoms. The maximum absolute atomic E-state index is 13.8. The molecule has 0 atom stereocenters. The van der Waals surface area contributed by atoms with Gasteiger partial charge in [0, 0.05) is 23.9 Å². The Balaban J connectivity index is 1.78. The van der Waals surface area contributed by atoms with Gasteiger partial charge in [-0.05, 0) is 36.4 Å². The van der Waals surface area contributed by atoms with Crippen molar-refractivity contribution in [3.8, 4) is 17.4 Å². The van der Waals surface area contributed by atoms with Crippen LogP contribution in [-0.2, 0) is 4.79 Å². The molecule has 3 rings (SSSR count). The number of nitrogens with zero attached hydrogens (tertiary/aromatic N) is 2. The van der Waals surface area contributed by atoms with Crippen LogP contribution in [0.5, 0.6) is 0 Å². The number of non-ortho nitro benzene ring substituents is 1. The highest BCUT2D eigenvalue weighted by molar-refractivity contribution is 6.09. The first kappa shape index (κ1) is 18.5. The summed E-state index contributed by atoms with van der Waals surface area (Å²) in [6.45, 7) is 0. The number of hydrogen-bond acceptors (Lipinski definition) is 5. The Labute approximate surface area is 158 Å². The molecule has 0 saturated heterocycles. The van der Waals surface area contributed by atoms with E-state index < -0.39 is 16.6 Å². The highest BCUT2D eigenvalue weighted by atomic mass is 19.1. The van der Waals surface area contributed by atoms with Crippen molar-refractivity contribution in [2.45, 2.75) is 0 Å². The normalized spacial score (nSPS) is 10.9. The predicted octanol–water partition coefficient (Wildman–Crippen LogP) is 4.54. The van der Waals surface area contributed by atoms with E-state index in [1.54, 1.807) is 24.3 Å². The lowest BCUT2D eigenvalue weighted by atomic mass is 10.1. The molecule has 1 amide bonds. The summed E-state index contributed by atoms with van der Waals surface area (Å²) >= 11 is 0. The second kappa shape index (κ2) is 7.97. The molecule has 1 heterocycles. The molecule has 0 bridgehead atoms. The fraction of sp³-hybridized carbons (Fsp3) is 0. The van der Waals surface area contributed by atoms with Crippen LogP contribution in [0.25, 0.3) is 17.4 Å². The molecule has 0 aliphatic rings. The zero-order valence-electron chi connectivity index (χ0n) is 14.3. The van der Waals surface area contributed by atoms with Gasteiger partial charge in [-0.2, -0.15) is 5.26 Å². The van der Waals surface area contributed by atoms with Crippen molar-refractivity contribution < 1.29 is 18.5 Å². The Morgan fingerprint density at radius 3 is 2.50 bits per heavy atom. The Bertz CT molecular complexity index is 1110. The topological polar surface area (TPSA) is 109 Å². The van der Waals surface area contributed by atoms with E-state index in [1.807, 2.05) is 0 Å². The van der Waals surface area contributed by atoms with Crippen molar-refractivity contribution >= 4 is 23.4 Å². The number of rotatable bonds is 5. The number of amides is 1. The van der Waals surface area contributed by atoms with E-state index in [4.69, 9.17) is 4.42 Å². The van der Waals surface area contributed by atoms with Crippen molar-refractivity contribution in [1.82, 2.24) is 0 Å². The van der Waals surface area contributed by atoms with Crippen LogP contribution in [0.15, 0.2) is 70.7 Å². The summed E-state index contributed by atoms with van der Waals surface area (Å²) in [5.41, 5.74) is 0.192. The van der Waals surface area contributed by atoms with Crippen LogP contribution < -0.4 is 5.32 Å². The lowest BCUT2D eigenvalue weighted by Gasteiger charge is -2.03. The van der Waals surface area contributed by atoms with Crippen LogP contribution in [-0.4, -0.2) is 10.8 Å². The summed E-state index contributed by atoms with van der Waals surface area (Å²) in [4.78, 5) is 22.4. The lowest BCUT2D eigenvalue weighted by molar-refractivity contribution is -0.384. The molecular weight excluding hydrogens is 365 g/mol. The van der Waals surface area contributed by atoms with Crippen LogP contribution in [0, 0.1) is 27.3 Å². The van der Waals surface area contributed by atoms with Crippen LogP contribution in [0.3, 0.4) is 0 Å². The van der Waals surface area contributed by atoms with Gasteiger partial charge in [0.25, 0.3) is 11.6 Å². The second-order valence-electron chi connectivity index (χ2n) is 5.61. The third-order valence-corrected chi connectivity index (χ3v) is 3.75. The molecule has 3 aromatic rings. The molecule has 1 N–H and O–H groups in total. The van der Waals surface area contributed by atoms with E-state index in [-0.39, 0.29) is 28.3 Å². The van der Waals surface area contributed by atoms with E-state index in [2.05, 4.69) is 5.32 Å². The standard InChI is InChI=1S/C20H12FN3O4/c21-18-4-2-1-3-17(18)19-10-9-16(28-19)11-13(12-22)20(25)23-14-5-7-15(8-6-14)24(26)27/h1-11H,(H,23,25)/b13-11+. The largest absolute Gasteiger partial charge is 0.457 e. The molecule has 7 nitrogen and oxygen atoms in total. The Morgan fingerprint density at radius 1 is 1.14 bits per heavy atom. The number of anilines is 1. The molecule has 28 heavy (non-hydrogen) atoms. The molecular formula is C20H12FN3O4. The molecule has 8 heteroatoms. The fourth-order valence-corrected chi connectivity index (χ4v) is 2.39. The third kappa shape index (κ3) is 4.11. The van der Waals surface area contributed by atoms with Gasteiger partial charge in [-0.25, -0.2) is 4.39 Å². The SMILES string of the molecule is N#C/C(=C\c1ccc(-c2ccccc2F)o1)C(=O)Nc1ccc([N+](=O)[O-])cc1. The lowest BCUT2D eigenvalue weighted by Crippen LogP contribution is -2.13. The van der Waals surface area contributed by atoms with Gasteiger partial charge in [0.05, 0.1) is 10.5 Å². The molecule has 1 aromatic heterocycles. The molecule has 0 unspecified atom stereocenters. The first-order chi connectivity index (χ1) is 13.5. The van der Waals surface area contributed by atoms with Crippen molar-refractivity contribution in [2.24, 2.45) is 0 Å². The highest BCUT2D eigenvalue weighted by Crippen LogP contribution is 2.26. The average Bonchev–Trinajstić information content (AvgIpc) is 3.15. The molecule has 138 valence electrons. The minimum atomic E-state index is -0.708. The molecule has 0 aliphatic carbocycles. The minimum absolute atomic E-state index is 0.120. The molecule has 0 aliphatic heterocycles. The van der Waals surface area contributed by atoms with E-state index >= 15 is 0 Å². The minimum Gasteiger partial charge on any atom is -0.457 e. The van der Waals surface area contributed by atoms with Gasteiger partial charge < -0.3 is 9.73 Å². The smallest absolute Gasteiger partial charge is 0.269 e. The number of nitrogens with one attached hydrogen (secondary N) is 1. The van der Waals surface area contributed by atoms with Crippen molar-refractivity contribution in [3.05, 3.63) is 87.9 Å². The fourth-order valence-electron chi connectivity index (χ4n) is 2.39. The Kier molecular flexibility index (Phi) is 5.28. The first-order valence-corrected chi connectivity index (χ1v) is 8.00. The van der Waals surface area contributed by atoms with Crippen molar-refractivity contribution in [3.63, 3.8) is 0 Å². The zero-order valence-corrected chi connectivity index (χ0v) is 14.3. The van der Waals surface area contributed by atoms with Gasteiger partial charge in [0.1, 0.15) is 29.0 Å². The van der Waals surface area contributed by atoms with Gasteiger partial charge in [-0.1, -0.05) is 12.1 Å². The summed E-state index contributed by atoms with van der Waals surface area (Å²) in [6, 6.07) is 16.1. The number of benzene rings is 2. The first-order valence-electron chi connectivity index (χ1n) is 8.00. The van der Waals surface area contributed by atoms with Crippen LogP contribution in [0.4, 0.5) is 15.8 Å². The van der Waals surface area contributed by atoms with Crippen LogP contribution in [0.2, 0.25) is 0 Å². The molecule has 2 aromatic carbocycles. The predicted molar refractivity (Wildman–Crippen MR) is 99.4 cm³/mol. The van der Waals surface area contributed by atoms with Gasteiger partial charge >= 0.3 is 0 Å². The maximum atomic E-state index is 13.8. The number of hydrogen-bond donors (Lipinski definition) is 1. The quantitative estimate of drug-likeness (QED) is 0.304. The van der Waals surface area contributed by atoms with Crippen LogP contribution in [0.1, 0.15) is 5.76 Å². The maximum Gasteiger partial charge on any atom is 0.269 e. The van der Waals surface area contributed by atoms with Crippen molar-refractivity contribution in [1.29, 1.82) is 5.26 Å². The summed E-state index contributed by atoms with van der Waals surface area (Å²) in [7, 11) is 0. The van der Waals surface area contributed by atoms with Crippen LogP contribution >= 0.6 is 0 Å². The van der Waals surface area contributed by atoms with Gasteiger partial charge in [0.15, 0.2) is 0 Å². The van der Waals surface area contributed by atoms with Gasteiger partial charge in [-0.3, -0.25) is 14.9 Å². The highest BCUT2D eigenvalue weighted by Gasteiger charge is 2.13. The summed E-state index contributed by atoms with van der Waals surface area (Å²) in [6.07, 6.45) is 1.23. The van der Waals surface area contributed by atoms with Gasteiger partial charge in [0.2, 0.25) is 0 Å². The van der Waals surface area contributed by atoms with Crippen molar-refractivity contribution in [2.75, 3.05) is 5.32 Å². The van der Waals surface area contributed by atoms with E-state index in [1.165, 1.54) is 48.5 Å². The summed E-state index contributed by atoms with van der Waals surface area (Å²) in [5.74, 6) is -0.699. The number of nitriles is 1. The zero-order chi connectivity index (χ0) is 20.1. The van der Waals surface area contributed by atoms with Gasteiger partial charge in [-0.15, -0.1) is 0 Å². The number of carbonyl (C=O) groups is 1. The second-order valence-corrected chi connectivity index (χ2v) is 5.61. The average molecular weight is 377 g/mol. The number of nitro groups is 1. The molecule has 0 radical (unpaired) electrons. The number of carbonyl (C=O) groups excluding carboxylic acids is 1. The number of furan rings is 1. The van der Waals surface area contributed by atoms with E-state index in [9.17, 15) is 24.6 Å². The molecule has 0 fully saturated rings. The van der Waals surface area contributed by atoms with E-state index in [0.29, 0.717) is 5.69 Å². The number of halogens is 1. The third-order valence-electron chi connectivity index (χ3n) is 3.75. The molecule has 0 saturated carbocycles.